The molecule has 168 valence electrons. The minimum Gasteiger partial charge on any atom is -0.402 e. The van der Waals surface area contributed by atoms with Gasteiger partial charge in [0.2, 0.25) is 0 Å². The summed E-state index contributed by atoms with van der Waals surface area (Å²) in [6.45, 7) is -0.291. The standard InChI is InChI=1S/C20H24F3N5O2S/c1-3-31(29,30)15(6-7-16(24)13-4-5-13)11-18-26-27-19(28(18)2)17-10-14(8-9-25-17)20(22,23)12-21/h6-10,13H,3-5,11-12,24H2,1-2H3/b15-6+,16-7-. The molecule has 2 N–H and O–H groups in total. The second kappa shape index (κ2) is 8.81. The molecule has 2 heterocycles. The van der Waals surface area contributed by atoms with E-state index in [1.807, 2.05) is 0 Å². The molecule has 0 aliphatic heterocycles. The van der Waals surface area contributed by atoms with E-state index in [0.29, 0.717) is 17.4 Å². The van der Waals surface area contributed by atoms with Gasteiger partial charge in [-0.2, -0.15) is 8.78 Å². The topological polar surface area (TPSA) is 104 Å². The van der Waals surface area contributed by atoms with Gasteiger partial charge in [0.1, 0.15) is 11.5 Å². The molecule has 31 heavy (non-hydrogen) atoms. The van der Waals surface area contributed by atoms with Crippen LogP contribution in [0.1, 0.15) is 31.2 Å². The number of pyridine rings is 1. The fourth-order valence-electron chi connectivity index (χ4n) is 2.95. The van der Waals surface area contributed by atoms with Crippen molar-refractivity contribution in [3.05, 3.63) is 52.5 Å². The van der Waals surface area contributed by atoms with Crippen LogP contribution in [-0.4, -0.2) is 40.6 Å². The van der Waals surface area contributed by atoms with E-state index in [2.05, 4.69) is 15.2 Å². The summed E-state index contributed by atoms with van der Waals surface area (Å²) in [5, 5.41) is 8.00. The summed E-state index contributed by atoms with van der Waals surface area (Å²) in [5.41, 5.74) is 6.15. The van der Waals surface area contributed by atoms with Crippen LogP contribution in [-0.2, 0) is 29.2 Å². The third-order valence-electron chi connectivity index (χ3n) is 5.17. The molecule has 0 saturated heterocycles. The van der Waals surface area contributed by atoms with Crippen molar-refractivity contribution in [2.75, 3.05) is 12.4 Å². The Morgan fingerprint density at radius 3 is 2.65 bits per heavy atom. The molecule has 0 atom stereocenters. The lowest BCUT2D eigenvalue weighted by molar-refractivity contribution is -0.0281. The SMILES string of the molecule is CCS(=O)(=O)/C(=C/C=C(\N)C1CC1)Cc1nnc(-c2cc(C(F)(F)CF)ccn2)n1C. The fourth-order valence-corrected chi connectivity index (χ4v) is 3.95. The molecule has 7 nitrogen and oxygen atoms in total. The number of nitrogens with zero attached hydrogens (tertiary/aromatic N) is 4. The minimum atomic E-state index is -3.64. The van der Waals surface area contributed by atoms with Crippen molar-refractivity contribution in [2.24, 2.45) is 18.7 Å². The van der Waals surface area contributed by atoms with Crippen molar-refractivity contribution in [2.45, 2.75) is 32.1 Å². The van der Waals surface area contributed by atoms with Gasteiger partial charge in [-0.05, 0) is 43.0 Å². The van der Waals surface area contributed by atoms with Crippen LogP contribution in [0, 0.1) is 5.92 Å². The van der Waals surface area contributed by atoms with Crippen molar-refractivity contribution < 1.29 is 21.6 Å². The number of aromatic nitrogens is 4. The molecule has 0 bridgehead atoms. The Labute approximate surface area is 178 Å². The van der Waals surface area contributed by atoms with E-state index in [-0.39, 0.29) is 28.6 Å². The number of hydrogen-bond donors (Lipinski definition) is 1. The monoisotopic (exact) mass is 455 g/mol. The molecule has 1 fully saturated rings. The van der Waals surface area contributed by atoms with Crippen LogP contribution in [0.2, 0.25) is 0 Å². The summed E-state index contributed by atoms with van der Waals surface area (Å²) in [6, 6.07) is 2.08. The molecule has 11 heteroatoms. The molecule has 0 radical (unpaired) electrons. The zero-order chi connectivity index (χ0) is 22.8. The summed E-state index contributed by atoms with van der Waals surface area (Å²) in [5.74, 6) is -2.97. The van der Waals surface area contributed by atoms with Gasteiger partial charge in [-0.1, -0.05) is 6.92 Å². The first-order chi connectivity index (χ1) is 14.6. The van der Waals surface area contributed by atoms with Gasteiger partial charge >= 0.3 is 5.92 Å². The van der Waals surface area contributed by atoms with E-state index in [9.17, 15) is 21.6 Å². The average molecular weight is 456 g/mol. The number of hydrogen-bond acceptors (Lipinski definition) is 6. The Balaban J connectivity index is 1.94. The van der Waals surface area contributed by atoms with Gasteiger partial charge in [-0.25, -0.2) is 12.8 Å². The molecular weight excluding hydrogens is 431 g/mol. The third-order valence-corrected chi connectivity index (χ3v) is 7.01. The molecule has 0 spiro atoms. The summed E-state index contributed by atoms with van der Waals surface area (Å²) in [6.07, 6.45) is 6.18. The zero-order valence-corrected chi connectivity index (χ0v) is 18.0. The number of rotatable bonds is 9. The van der Waals surface area contributed by atoms with Crippen molar-refractivity contribution >= 4 is 9.84 Å². The van der Waals surface area contributed by atoms with Gasteiger partial charge in [0, 0.05) is 30.9 Å². The zero-order valence-electron chi connectivity index (χ0n) is 17.2. The quantitative estimate of drug-likeness (QED) is 0.583. The predicted molar refractivity (Wildman–Crippen MR) is 110 cm³/mol. The summed E-state index contributed by atoms with van der Waals surface area (Å²) in [4.78, 5) is 4.15. The highest BCUT2D eigenvalue weighted by molar-refractivity contribution is 7.95. The number of nitrogens with two attached hydrogens (primary N) is 1. The van der Waals surface area contributed by atoms with Crippen molar-refractivity contribution in [3.63, 3.8) is 0 Å². The highest BCUT2D eigenvalue weighted by atomic mass is 32.2. The predicted octanol–water partition coefficient (Wildman–Crippen LogP) is 3.05. The normalized spacial score (nSPS) is 16.0. The molecule has 1 aliphatic carbocycles. The maximum atomic E-state index is 13.7. The van der Waals surface area contributed by atoms with Gasteiger partial charge in [-0.15, -0.1) is 10.2 Å². The highest BCUT2D eigenvalue weighted by Gasteiger charge is 2.32. The lowest BCUT2D eigenvalue weighted by Crippen LogP contribution is -2.16. The molecule has 1 aliphatic rings. The smallest absolute Gasteiger partial charge is 0.301 e. The molecule has 1 saturated carbocycles. The molecule has 0 aromatic carbocycles. The van der Waals surface area contributed by atoms with Crippen molar-refractivity contribution in [3.8, 4) is 11.5 Å². The average Bonchev–Trinajstić information content (AvgIpc) is 3.54. The Morgan fingerprint density at radius 1 is 1.32 bits per heavy atom. The molecule has 0 unspecified atom stereocenters. The van der Waals surface area contributed by atoms with E-state index >= 15 is 0 Å². The van der Waals surface area contributed by atoms with Crippen LogP contribution in [0.5, 0.6) is 0 Å². The summed E-state index contributed by atoms with van der Waals surface area (Å²) >= 11 is 0. The van der Waals surface area contributed by atoms with E-state index in [1.54, 1.807) is 20.0 Å². The Morgan fingerprint density at radius 2 is 2.03 bits per heavy atom. The number of alkyl halides is 3. The largest absolute Gasteiger partial charge is 0.402 e. The highest BCUT2D eigenvalue weighted by Crippen LogP contribution is 2.34. The Kier molecular flexibility index (Phi) is 6.54. The Hall–Kier alpha value is -2.69. The van der Waals surface area contributed by atoms with E-state index in [1.165, 1.54) is 10.6 Å². The summed E-state index contributed by atoms with van der Waals surface area (Å²) in [7, 11) is -1.96. The van der Waals surface area contributed by atoms with Gasteiger partial charge in [0.25, 0.3) is 0 Å². The van der Waals surface area contributed by atoms with Crippen LogP contribution < -0.4 is 5.73 Å². The number of sulfone groups is 1. The third kappa shape index (κ3) is 5.15. The minimum absolute atomic E-state index is 0.0472. The van der Waals surface area contributed by atoms with Crippen LogP contribution in [0.25, 0.3) is 11.5 Å². The maximum absolute atomic E-state index is 13.7. The number of allylic oxidation sites excluding steroid dienone is 4. The van der Waals surface area contributed by atoms with E-state index in [4.69, 9.17) is 5.73 Å². The second-order valence-electron chi connectivity index (χ2n) is 7.42. The number of halogens is 3. The van der Waals surface area contributed by atoms with Crippen LogP contribution >= 0.6 is 0 Å². The lowest BCUT2D eigenvalue weighted by atomic mass is 10.1. The van der Waals surface area contributed by atoms with Gasteiger partial charge < -0.3 is 10.3 Å². The summed E-state index contributed by atoms with van der Waals surface area (Å²) < 4.78 is 66.7. The van der Waals surface area contributed by atoms with Gasteiger partial charge in [0.05, 0.1) is 10.7 Å². The van der Waals surface area contributed by atoms with Crippen LogP contribution in [0.3, 0.4) is 0 Å². The molecular formula is C20H24F3N5O2S. The fraction of sp³-hybridized carbons (Fsp3) is 0.450. The first-order valence-electron chi connectivity index (χ1n) is 9.77. The first kappa shape index (κ1) is 23.0. The second-order valence-corrected chi connectivity index (χ2v) is 9.75. The Bertz CT molecular complexity index is 1120. The molecule has 3 rings (SSSR count). The first-order valence-corrected chi connectivity index (χ1v) is 11.4. The van der Waals surface area contributed by atoms with Gasteiger partial charge in [0.15, 0.2) is 22.3 Å². The maximum Gasteiger partial charge on any atom is 0.301 e. The van der Waals surface area contributed by atoms with E-state index < -0.39 is 28.0 Å². The van der Waals surface area contributed by atoms with Crippen LogP contribution in [0.15, 0.2) is 41.1 Å². The van der Waals surface area contributed by atoms with Crippen molar-refractivity contribution in [1.29, 1.82) is 0 Å². The van der Waals surface area contributed by atoms with Crippen LogP contribution in [0.4, 0.5) is 13.2 Å². The molecule has 2 aromatic rings. The van der Waals surface area contributed by atoms with E-state index in [0.717, 1.165) is 31.2 Å². The lowest BCUT2D eigenvalue weighted by Gasteiger charge is -2.13. The molecule has 0 amide bonds. The van der Waals surface area contributed by atoms with Gasteiger partial charge in [-0.3, -0.25) is 4.98 Å². The van der Waals surface area contributed by atoms with Crippen molar-refractivity contribution in [1.82, 2.24) is 19.7 Å². The molecule has 2 aromatic heterocycles.